The SMILES string of the molecule is COC=c1ccc(=C=[N])cc1. The molecule has 0 unspecified atom stereocenters. The van der Waals surface area contributed by atoms with Gasteiger partial charge in [-0.25, -0.2) is 0 Å². The van der Waals surface area contributed by atoms with Crippen LogP contribution in [0.1, 0.15) is 0 Å². The van der Waals surface area contributed by atoms with E-state index in [1.54, 1.807) is 25.5 Å². The Bertz CT molecular complexity index is 340. The molecule has 0 saturated carbocycles. The predicted molar refractivity (Wildman–Crippen MR) is 43.4 cm³/mol. The van der Waals surface area contributed by atoms with Gasteiger partial charge in [0.15, 0.2) is 0 Å². The quantitative estimate of drug-likeness (QED) is 0.478. The van der Waals surface area contributed by atoms with Crippen molar-refractivity contribution >= 4 is 12.1 Å². The fraction of sp³-hybridized carbons (Fsp3) is 0.111. The number of nitrogens with zero attached hydrogens (tertiary/aromatic N) is 1. The maximum atomic E-state index is 8.47. The standard InChI is InChI=1S/C9H8NO/c1-11-7-9-4-2-8(6-10)3-5-9/h2-5,7H,1H3. The van der Waals surface area contributed by atoms with E-state index in [9.17, 15) is 0 Å². The molecule has 1 radical (unpaired) electrons. The Morgan fingerprint density at radius 2 is 2.00 bits per heavy atom. The normalized spacial score (nSPS) is 8.45. The molecule has 55 valence electrons. The zero-order valence-corrected chi connectivity index (χ0v) is 6.24. The third-order valence-corrected chi connectivity index (χ3v) is 1.29. The monoisotopic (exact) mass is 146 g/mol. The Morgan fingerprint density at radius 3 is 2.45 bits per heavy atom. The van der Waals surface area contributed by atoms with Gasteiger partial charge in [-0.3, -0.25) is 0 Å². The Balaban J connectivity index is 3.21. The van der Waals surface area contributed by atoms with E-state index >= 15 is 0 Å². The number of ether oxygens (including phenoxy) is 1. The summed E-state index contributed by atoms with van der Waals surface area (Å²) in [5.41, 5.74) is 0. The first-order valence-corrected chi connectivity index (χ1v) is 3.23. The third kappa shape index (κ3) is 1.95. The molecule has 1 rings (SSSR count). The van der Waals surface area contributed by atoms with Gasteiger partial charge in [0.25, 0.3) is 0 Å². The van der Waals surface area contributed by atoms with Crippen LogP contribution in [0.3, 0.4) is 0 Å². The molecule has 0 bridgehead atoms. The third-order valence-electron chi connectivity index (χ3n) is 1.29. The Kier molecular flexibility index (Phi) is 2.47. The summed E-state index contributed by atoms with van der Waals surface area (Å²) in [5.74, 6) is 2.04. The molecule has 11 heavy (non-hydrogen) atoms. The molecule has 0 fully saturated rings. The predicted octanol–water partition coefficient (Wildman–Crippen LogP) is -0.788. The Morgan fingerprint density at radius 1 is 1.36 bits per heavy atom. The molecule has 2 nitrogen and oxygen atoms in total. The summed E-state index contributed by atoms with van der Waals surface area (Å²) in [6.07, 6.45) is 1.63. The molecule has 0 aromatic heterocycles. The van der Waals surface area contributed by atoms with Crippen molar-refractivity contribution in [2.75, 3.05) is 7.11 Å². The molecular weight excluding hydrogens is 138 g/mol. The summed E-state index contributed by atoms with van der Waals surface area (Å²) < 4.78 is 4.79. The van der Waals surface area contributed by atoms with E-state index < -0.39 is 0 Å². The van der Waals surface area contributed by atoms with E-state index in [2.05, 4.69) is 0 Å². The molecule has 0 aliphatic carbocycles. The maximum Gasteiger partial charge on any atom is 0.0896 e. The van der Waals surface area contributed by atoms with Gasteiger partial charge in [0, 0.05) is 16.3 Å². The Labute approximate surface area is 64.9 Å². The van der Waals surface area contributed by atoms with Gasteiger partial charge < -0.3 is 4.74 Å². The van der Waals surface area contributed by atoms with E-state index in [-0.39, 0.29) is 0 Å². The van der Waals surface area contributed by atoms with Crippen LogP contribution in [0, 0.1) is 0 Å². The molecule has 0 amide bonds. The summed E-state index contributed by atoms with van der Waals surface area (Å²) in [7, 11) is 1.60. The van der Waals surface area contributed by atoms with E-state index in [0.29, 0.717) is 5.22 Å². The van der Waals surface area contributed by atoms with Crippen LogP contribution < -0.4 is 15.8 Å². The Hall–Kier alpha value is -1.53. The van der Waals surface area contributed by atoms with E-state index in [4.69, 9.17) is 10.1 Å². The number of rotatable bonds is 1. The second-order valence-electron chi connectivity index (χ2n) is 2.09. The largest absolute Gasteiger partial charge is 0.504 e. The van der Waals surface area contributed by atoms with Crippen molar-refractivity contribution < 1.29 is 4.74 Å². The van der Waals surface area contributed by atoms with Gasteiger partial charge in [0.1, 0.15) is 0 Å². The number of hydrogen-bond acceptors (Lipinski definition) is 1. The summed E-state index contributed by atoms with van der Waals surface area (Å²) >= 11 is 0. The first kappa shape index (κ1) is 7.58. The molecule has 2 heteroatoms. The van der Waals surface area contributed by atoms with Gasteiger partial charge in [-0.05, 0) is 12.1 Å². The van der Waals surface area contributed by atoms with Crippen LogP contribution in [-0.2, 0) is 4.74 Å². The zero-order chi connectivity index (χ0) is 8.10. The van der Waals surface area contributed by atoms with Crippen LogP contribution in [0.25, 0.3) is 6.26 Å². The van der Waals surface area contributed by atoms with Crippen LogP contribution in [-0.4, -0.2) is 13.0 Å². The van der Waals surface area contributed by atoms with Crippen LogP contribution in [0.15, 0.2) is 24.3 Å². The zero-order valence-electron chi connectivity index (χ0n) is 6.24. The molecule has 0 saturated heterocycles. The van der Waals surface area contributed by atoms with Crippen molar-refractivity contribution in [1.82, 2.24) is 5.41 Å². The second-order valence-corrected chi connectivity index (χ2v) is 2.09. The van der Waals surface area contributed by atoms with Crippen molar-refractivity contribution in [2.24, 2.45) is 0 Å². The molecule has 1 aromatic carbocycles. The van der Waals surface area contributed by atoms with Crippen molar-refractivity contribution in [3.05, 3.63) is 34.7 Å². The highest BCUT2D eigenvalue weighted by Crippen LogP contribution is 1.69. The average Bonchev–Trinajstić information content (AvgIpc) is 2.07. The van der Waals surface area contributed by atoms with Crippen LogP contribution in [0.2, 0.25) is 0 Å². The molecule has 0 N–H and O–H groups in total. The molecule has 0 atom stereocenters. The van der Waals surface area contributed by atoms with E-state index in [1.807, 2.05) is 18.0 Å². The maximum absolute atomic E-state index is 8.47. The first-order chi connectivity index (χ1) is 5.36. The van der Waals surface area contributed by atoms with Crippen LogP contribution in [0.4, 0.5) is 0 Å². The van der Waals surface area contributed by atoms with Gasteiger partial charge in [0.05, 0.1) is 13.4 Å². The highest BCUT2D eigenvalue weighted by molar-refractivity contribution is 5.48. The molecule has 0 aliphatic rings. The smallest absolute Gasteiger partial charge is 0.0896 e. The minimum atomic E-state index is 0.665. The number of benzene rings is 1. The van der Waals surface area contributed by atoms with Crippen LogP contribution in [0.5, 0.6) is 0 Å². The minimum Gasteiger partial charge on any atom is -0.504 e. The van der Waals surface area contributed by atoms with E-state index in [0.717, 1.165) is 5.22 Å². The highest BCUT2D eigenvalue weighted by Gasteiger charge is 1.77. The van der Waals surface area contributed by atoms with Crippen LogP contribution >= 0.6 is 0 Å². The number of hydrogen-bond donors (Lipinski definition) is 0. The van der Waals surface area contributed by atoms with Gasteiger partial charge >= 0.3 is 0 Å². The van der Waals surface area contributed by atoms with Crippen molar-refractivity contribution in [3.63, 3.8) is 0 Å². The molecule has 0 heterocycles. The topological polar surface area (TPSA) is 31.5 Å². The van der Waals surface area contributed by atoms with Crippen molar-refractivity contribution in [3.8, 4) is 0 Å². The van der Waals surface area contributed by atoms with Gasteiger partial charge in [-0.1, -0.05) is 17.5 Å². The fourth-order valence-electron chi connectivity index (χ4n) is 0.772. The lowest BCUT2D eigenvalue weighted by molar-refractivity contribution is 0.391. The molecule has 0 aliphatic heterocycles. The van der Waals surface area contributed by atoms with Gasteiger partial charge in [0.2, 0.25) is 0 Å². The number of methoxy groups -OCH3 is 1. The lowest BCUT2D eigenvalue weighted by Crippen LogP contribution is -2.08. The van der Waals surface area contributed by atoms with Gasteiger partial charge in [-0.2, -0.15) is 0 Å². The fourth-order valence-corrected chi connectivity index (χ4v) is 0.772. The first-order valence-electron chi connectivity index (χ1n) is 3.23. The van der Waals surface area contributed by atoms with Crippen molar-refractivity contribution in [1.29, 1.82) is 0 Å². The second kappa shape index (κ2) is 3.59. The molecule has 0 spiro atoms. The highest BCUT2D eigenvalue weighted by atomic mass is 16.5. The molecule has 1 aromatic rings. The average molecular weight is 146 g/mol. The lowest BCUT2D eigenvalue weighted by atomic mass is 10.3. The summed E-state index contributed by atoms with van der Waals surface area (Å²) in [6, 6.07) is 7.18. The van der Waals surface area contributed by atoms with E-state index in [1.165, 1.54) is 0 Å². The molecular formula is C9H8NO. The van der Waals surface area contributed by atoms with Gasteiger partial charge in [-0.15, -0.1) is 0 Å². The minimum absolute atomic E-state index is 0.665. The summed E-state index contributed by atoms with van der Waals surface area (Å²) in [5, 5.41) is 10.1. The summed E-state index contributed by atoms with van der Waals surface area (Å²) in [6.45, 7) is 0. The van der Waals surface area contributed by atoms with Crippen molar-refractivity contribution in [2.45, 2.75) is 0 Å². The lowest BCUT2D eigenvalue weighted by Gasteiger charge is -1.85. The summed E-state index contributed by atoms with van der Waals surface area (Å²) in [4.78, 5) is 0.